The predicted molar refractivity (Wildman–Crippen MR) is 159 cm³/mol. The lowest BCUT2D eigenvalue weighted by atomic mass is 10.0. The number of unbranched alkanes of at least 4 members (excludes halogenated alkanes) is 1. The number of hydrogen-bond acceptors (Lipinski definition) is 6. The van der Waals surface area contributed by atoms with E-state index in [0.29, 0.717) is 30.0 Å². The topological polar surface area (TPSA) is 138 Å². The van der Waals surface area contributed by atoms with Crippen LogP contribution in [0.4, 0.5) is 10.5 Å². The van der Waals surface area contributed by atoms with E-state index in [1.54, 1.807) is 18.2 Å². The minimum absolute atomic E-state index is 0.0829. The van der Waals surface area contributed by atoms with Gasteiger partial charge in [-0.3, -0.25) is 9.59 Å². The summed E-state index contributed by atoms with van der Waals surface area (Å²) in [5.74, 6) is -0.338. The van der Waals surface area contributed by atoms with Crippen LogP contribution >= 0.6 is 0 Å². The summed E-state index contributed by atoms with van der Waals surface area (Å²) >= 11 is 0. The Morgan fingerprint density at radius 2 is 1.69 bits per heavy atom. The van der Waals surface area contributed by atoms with Crippen molar-refractivity contribution >= 4 is 23.6 Å². The van der Waals surface area contributed by atoms with E-state index in [4.69, 9.17) is 9.47 Å². The maximum atomic E-state index is 13.1. The first-order valence-electron chi connectivity index (χ1n) is 14.2. The number of fused-ring (bicyclic) bond motifs is 1. The number of carboxylic acid groups (broad SMARTS) is 1. The zero-order chi connectivity index (χ0) is 29.9. The van der Waals surface area contributed by atoms with Crippen LogP contribution in [-0.2, 0) is 22.7 Å². The Bertz CT molecular complexity index is 1380. The Morgan fingerprint density at radius 1 is 0.929 bits per heavy atom. The third-order valence-electron chi connectivity index (χ3n) is 7.12. The van der Waals surface area contributed by atoms with Crippen LogP contribution in [0.25, 0.3) is 0 Å². The molecule has 222 valence electrons. The lowest BCUT2D eigenvalue weighted by molar-refractivity contribution is -0.137. The number of carbonyl (C=O) groups is 3. The molecule has 0 aromatic heterocycles. The fourth-order valence-corrected chi connectivity index (χ4v) is 4.65. The van der Waals surface area contributed by atoms with Crippen molar-refractivity contribution in [3.05, 3.63) is 89.0 Å². The average molecular weight is 575 g/mol. The van der Waals surface area contributed by atoms with E-state index >= 15 is 0 Å². The Balaban J connectivity index is 1.32. The van der Waals surface area contributed by atoms with E-state index in [2.05, 4.69) is 40.3 Å². The highest BCUT2D eigenvalue weighted by Crippen LogP contribution is 2.34. The van der Waals surface area contributed by atoms with Gasteiger partial charge in [0, 0.05) is 18.8 Å². The molecule has 3 aromatic carbocycles. The van der Waals surface area contributed by atoms with E-state index < -0.39 is 24.1 Å². The molecule has 1 heterocycles. The van der Waals surface area contributed by atoms with Gasteiger partial charge in [-0.1, -0.05) is 62.2 Å². The van der Waals surface area contributed by atoms with Crippen molar-refractivity contribution in [2.45, 2.75) is 64.7 Å². The molecule has 0 bridgehead atoms. The van der Waals surface area contributed by atoms with Crippen LogP contribution in [0.2, 0.25) is 0 Å². The summed E-state index contributed by atoms with van der Waals surface area (Å²) in [5, 5.41) is 21.2. The fraction of sp³-hybridized carbons (Fsp3) is 0.344. The highest BCUT2D eigenvalue weighted by Gasteiger charge is 2.25. The fourth-order valence-electron chi connectivity index (χ4n) is 4.65. The first-order valence-corrected chi connectivity index (χ1v) is 14.2. The van der Waals surface area contributed by atoms with Gasteiger partial charge in [-0.25, -0.2) is 4.79 Å². The van der Waals surface area contributed by atoms with Crippen molar-refractivity contribution in [1.29, 1.82) is 0 Å². The average Bonchev–Trinajstić information content (AvgIpc) is 3.46. The quantitative estimate of drug-likeness (QED) is 0.182. The number of hydrogen-bond donors (Lipinski definition) is 5. The molecule has 0 saturated carbocycles. The lowest BCUT2D eigenvalue weighted by Crippen LogP contribution is -2.50. The largest absolute Gasteiger partial charge is 0.481 e. The summed E-state index contributed by atoms with van der Waals surface area (Å²) < 4.78 is 10.7. The van der Waals surface area contributed by atoms with Crippen molar-refractivity contribution < 1.29 is 29.0 Å². The molecule has 0 spiro atoms. The van der Waals surface area contributed by atoms with Gasteiger partial charge in [-0.05, 0) is 59.9 Å². The van der Waals surface area contributed by atoms with Gasteiger partial charge in [-0.2, -0.15) is 0 Å². The van der Waals surface area contributed by atoms with E-state index in [9.17, 15) is 19.5 Å². The second-order valence-corrected chi connectivity index (χ2v) is 10.3. The standard InChI is InChI=1S/C32H38N4O6/c1-3-4-9-26(35-32(40)36-27(17-30(37)38)23-12-15-28-29(16-23)42-20-41-28)31(39)34-18-22-10-13-25(14-11-22)33-19-24-8-6-5-7-21(24)2/h5-8,10-16,26-27,33H,3-4,9,17-20H2,1-2H3,(H,34,39)(H,37,38)(H2,35,36,40)/t26-,27-/m0/s1. The van der Waals surface area contributed by atoms with Crippen LogP contribution in [0.15, 0.2) is 66.7 Å². The number of carbonyl (C=O) groups excluding carboxylic acids is 2. The molecule has 0 aliphatic carbocycles. The minimum Gasteiger partial charge on any atom is -0.481 e. The van der Waals surface area contributed by atoms with Crippen molar-refractivity contribution in [2.75, 3.05) is 12.1 Å². The van der Waals surface area contributed by atoms with Crippen LogP contribution in [0.3, 0.4) is 0 Å². The van der Waals surface area contributed by atoms with Crippen molar-refractivity contribution in [3.8, 4) is 11.5 Å². The van der Waals surface area contributed by atoms with Crippen LogP contribution in [0, 0.1) is 6.92 Å². The number of aryl methyl sites for hydroxylation is 1. The molecule has 10 nitrogen and oxygen atoms in total. The molecule has 10 heteroatoms. The Labute approximate surface area is 245 Å². The molecule has 42 heavy (non-hydrogen) atoms. The highest BCUT2D eigenvalue weighted by molar-refractivity contribution is 5.87. The van der Waals surface area contributed by atoms with E-state index in [0.717, 1.165) is 30.6 Å². The van der Waals surface area contributed by atoms with Gasteiger partial charge in [-0.15, -0.1) is 0 Å². The maximum Gasteiger partial charge on any atom is 0.315 e. The summed E-state index contributed by atoms with van der Waals surface area (Å²) in [5.41, 5.74) is 4.92. The molecule has 0 saturated heterocycles. The van der Waals surface area contributed by atoms with E-state index in [-0.39, 0.29) is 19.1 Å². The molecule has 0 radical (unpaired) electrons. The summed E-state index contributed by atoms with van der Waals surface area (Å²) in [6.45, 7) is 5.20. The number of ether oxygens (including phenoxy) is 2. The number of rotatable bonds is 14. The van der Waals surface area contributed by atoms with Crippen LogP contribution in [0.5, 0.6) is 11.5 Å². The molecule has 1 aliphatic rings. The normalized spacial score (nSPS) is 13.1. The third kappa shape index (κ3) is 8.63. The number of benzene rings is 3. The zero-order valence-electron chi connectivity index (χ0n) is 23.9. The number of nitrogens with one attached hydrogen (secondary N) is 4. The first kappa shape index (κ1) is 30.2. The molecular weight excluding hydrogens is 536 g/mol. The summed E-state index contributed by atoms with van der Waals surface area (Å²) in [7, 11) is 0. The smallest absolute Gasteiger partial charge is 0.315 e. The predicted octanol–water partition coefficient (Wildman–Crippen LogP) is 5.03. The third-order valence-corrected chi connectivity index (χ3v) is 7.12. The lowest BCUT2D eigenvalue weighted by Gasteiger charge is -2.22. The Morgan fingerprint density at radius 3 is 2.43 bits per heavy atom. The molecule has 0 fully saturated rings. The van der Waals surface area contributed by atoms with Gasteiger partial charge in [0.05, 0.1) is 12.5 Å². The molecular formula is C32H38N4O6. The Kier molecular flexibility index (Phi) is 10.6. The number of aliphatic carboxylic acids is 1. The Hall–Kier alpha value is -4.73. The monoisotopic (exact) mass is 574 g/mol. The summed E-state index contributed by atoms with van der Waals surface area (Å²) in [4.78, 5) is 37.6. The molecule has 4 rings (SSSR count). The highest BCUT2D eigenvalue weighted by atomic mass is 16.7. The molecule has 5 N–H and O–H groups in total. The summed E-state index contributed by atoms with van der Waals surface area (Å²) in [6.07, 6.45) is 1.70. The second kappa shape index (κ2) is 14.8. The van der Waals surface area contributed by atoms with Crippen LogP contribution < -0.4 is 30.7 Å². The second-order valence-electron chi connectivity index (χ2n) is 10.3. The summed E-state index contributed by atoms with van der Waals surface area (Å²) in [6, 6.07) is 18.9. The zero-order valence-corrected chi connectivity index (χ0v) is 23.9. The van der Waals surface area contributed by atoms with Gasteiger partial charge in [0.15, 0.2) is 11.5 Å². The first-order chi connectivity index (χ1) is 20.3. The van der Waals surface area contributed by atoms with Gasteiger partial charge < -0.3 is 35.8 Å². The molecule has 1 aliphatic heterocycles. The van der Waals surface area contributed by atoms with E-state index in [1.807, 2.05) is 43.3 Å². The molecule has 2 atom stereocenters. The van der Waals surface area contributed by atoms with Crippen LogP contribution in [-0.4, -0.2) is 35.8 Å². The number of urea groups is 1. The maximum absolute atomic E-state index is 13.1. The van der Waals surface area contributed by atoms with Crippen molar-refractivity contribution in [1.82, 2.24) is 16.0 Å². The SMILES string of the molecule is CCCC[C@H](NC(=O)N[C@@H](CC(=O)O)c1ccc2c(c1)OCO2)C(=O)NCc1ccc(NCc2ccccc2C)cc1. The number of amides is 3. The van der Waals surface area contributed by atoms with Crippen molar-refractivity contribution in [2.24, 2.45) is 0 Å². The van der Waals surface area contributed by atoms with Crippen LogP contribution in [0.1, 0.15) is 60.9 Å². The van der Waals surface area contributed by atoms with Gasteiger partial charge >= 0.3 is 12.0 Å². The van der Waals surface area contributed by atoms with Gasteiger partial charge in [0.2, 0.25) is 12.7 Å². The van der Waals surface area contributed by atoms with Gasteiger partial charge in [0.25, 0.3) is 0 Å². The minimum atomic E-state index is -1.07. The van der Waals surface area contributed by atoms with E-state index in [1.165, 1.54) is 11.1 Å². The number of carboxylic acids is 1. The molecule has 3 aromatic rings. The molecule has 0 unspecified atom stereocenters. The molecule has 3 amide bonds. The van der Waals surface area contributed by atoms with Crippen molar-refractivity contribution in [3.63, 3.8) is 0 Å². The number of anilines is 1. The van der Waals surface area contributed by atoms with Gasteiger partial charge in [0.1, 0.15) is 6.04 Å².